The number of H-pyrrole nitrogens is 1. The lowest BCUT2D eigenvalue weighted by atomic mass is 10.3. The molecular formula is C10H12ClN5O. The molecule has 1 unspecified atom stereocenters. The molecule has 17 heavy (non-hydrogen) atoms. The first kappa shape index (κ1) is 10.7. The van der Waals surface area contributed by atoms with Crippen LogP contribution in [0.25, 0.3) is 11.2 Å². The summed E-state index contributed by atoms with van der Waals surface area (Å²) >= 11 is 5.90. The van der Waals surface area contributed by atoms with E-state index in [9.17, 15) is 0 Å². The quantitative estimate of drug-likeness (QED) is 0.816. The Hall–Kier alpha value is -1.40. The van der Waals surface area contributed by atoms with E-state index in [0.717, 1.165) is 30.8 Å². The molecule has 1 N–H and O–H groups in total. The van der Waals surface area contributed by atoms with Gasteiger partial charge in [0.05, 0.1) is 12.4 Å². The molecule has 3 heterocycles. The fourth-order valence-electron chi connectivity index (χ4n) is 2.13. The number of aromatic nitrogens is 4. The van der Waals surface area contributed by atoms with E-state index in [1.807, 2.05) is 0 Å². The maximum atomic E-state index is 5.90. The van der Waals surface area contributed by atoms with Crippen molar-refractivity contribution in [2.24, 2.45) is 0 Å². The highest BCUT2D eigenvalue weighted by atomic mass is 35.5. The Balaban J connectivity index is 2.02. The van der Waals surface area contributed by atoms with Crippen LogP contribution in [0.15, 0.2) is 6.33 Å². The number of rotatable bonds is 2. The van der Waals surface area contributed by atoms with E-state index >= 15 is 0 Å². The van der Waals surface area contributed by atoms with E-state index in [1.54, 1.807) is 13.4 Å². The Morgan fingerprint density at radius 3 is 3.18 bits per heavy atom. The summed E-state index contributed by atoms with van der Waals surface area (Å²) in [5, 5.41) is 0.223. The lowest BCUT2D eigenvalue weighted by molar-refractivity contribution is 0.121. The molecular weight excluding hydrogens is 242 g/mol. The number of nitrogens with zero attached hydrogens (tertiary/aromatic N) is 4. The molecule has 1 aliphatic heterocycles. The number of hydrogen-bond acceptors (Lipinski definition) is 5. The van der Waals surface area contributed by atoms with E-state index < -0.39 is 0 Å². The molecule has 0 spiro atoms. The van der Waals surface area contributed by atoms with Gasteiger partial charge < -0.3 is 14.6 Å². The molecule has 0 radical (unpaired) electrons. The molecule has 1 saturated heterocycles. The molecule has 0 bridgehead atoms. The van der Waals surface area contributed by atoms with E-state index in [4.69, 9.17) is 16.3 Å². The molecule has 2 aromatic heterocycles. The molecule has 7 heteroatoms. The summed E-state index contributed by atoms with van der Waals surface area (Å²) < 4.78 is 5.34. The number of hydrogen-bond donors (Lipinski definition) is 1. The second-order valence-corrected chi connectivity index (χ2v) is 4.35. The number of ether oxygens (including phenoxy) is 1. The third-order valence-electron chi connectivity index (χ3n) is 3.02. The standard InChI is InChI=1S/C10H12ClN5O/c1-17-6-2-3-16(4-6)9-7-8(13-5-12-7)14-10(11)15-9/h5-6H,2-4H2,1H3,(H,12,13,14,15). The smallest absolute Gasteiger partial charge is 0.226 e. The predicted molar refractivity (Wildman–Crippen MR) is 64.3 cm³/mol. The number of methoxy groups -OCH3 is 1. The molecule has 90 valence electrons. The van der Waals surface area contributed by atoms with Gasteiger partial charge in [0.25, 0.3) is 0 Å². The highest BCUT2D eigenvalue weighted by Crippen LogP contribution is 2.26. The minimum atomic E-state index is 0.223. The molecule has 1 atom stereocenters. The first-order valence-corrected chi connectivity index (χ1v) is 5.80. The van der Waals surface area contributed by atoms with Gasteiger partial charge in [-0.2, -0.15) is 9.97 Å². The number of fused-ring (bicyclic) bond motifs is 1. The highest BCUT2D eigenvalue weighted by molar-refractivity contribution is 6.28. The zero-order valence-corrected chi connectivity index (χ0v) is 10.1. The van der Waals surface area contributed by atoms with Crippen molar-refractivity contribution in [1.82, 2.24) is 19.9 Å². The fourth-order valence-corrected chi connectivity index (χ4v) is 2.29. The zero-order valence-electron chi connectivity index (χ0n) is 9.35. The van der Waals surface area contributed by atoms with Gasteiger partial charge in [0.2, 0.25) is 5.28 Å². The van der Waals surface area contributed by atoms with Gasteiger partial charge >= 0.3 is 0 Å². The van der Waals surface area contributed by atoms with Gasteiger partial charge in [-0.1, -0.05) is 0 Å². The highest BCUT2D eigenvalue weighted by Gasteiger charge is 2.25. The maximum absolute atomic E-state index is 5.90. The summed E-state index contributed by atoms with van der Waals surface area (Å²) in [6, 6.07) is 0. The fraction of sp³-hybridized carbons (Fsp3) is 0.500. The molecule has 0 aromatic carbocycles. The van der Waals surface area contributed by atoms with Gasteiger partial charge in [-0.25, -0.2) is 4.98 Å². The van der Waals surface area contributed by atoms with Crippen molar-refractivity contribution in [2.45, 2.75) is 12.5 Å². The van der Waals surface area contributed by atoms with Crippen molar-refractivity contribution in [3.63, 3.8) is 0 Å². The van der Waals surface area contributed by atoms with E-state index in [-0.39, 0.29) is 11.4 Å². The SMILES string of the molecule is COC1CCN(c2nc(Cl)nc3nc[nH]c23)C1. The third-order valence-corrected chi connectivity index (χ3v) is 3.19. The maximum Gasteiger partial charge on any atom is 0.226 e. The first-order valence-electron chi connectivity index (χ1n) is 5.42. The Morgan fingerprint density at radius 2 is 2.41 bits per heavy atom. The normalized spacial score (nSPS) is 20.4. The van der Waals surface area contributed by atoms with Crippen LogP contribution in [0.4, 0.5) is 5.82 Å². The molecule has 1 fully saturated rings. The van der Waals surface area contributed by atoms with E-state index in [0.29, 0.717) is 5.65 Å². The topological polar surface area (TPSA) is 66.9 Å². The summed E-state index contributed by atoms with van der Waals surface area (Å²) in [6.07, 6.45) is 2.85. The largest absolute Gasteiger partial charge is 0.380 e. The summed E-state index contributed by atoms with van der Waals surface area (Å²) in [7, 11) is 1.73. The Kier molecular flexibility index (Phi) is 2.60. The molecule has 0 saturated carbocycles. The Bertz CT molecular complexity index is 542. The van der Waals surface area contributed by atoms with Crippen LogP contribution in [0.5, 0.6) is 0 Å². The van der Waals surface area contributed by atoms with Crippen LogP contribution in [0.3, 0.4) is 0 Å². The van der Waals surface area contributed by atoms with Crippen LogP contribution >= 0.6 is 11.6 Å². The number of aromatic amines is 1. The summed E-state index contributed by atoms with van der Waals surface area (Å²) in [6.45, 7) is 1.72. The van der Waals surface area contributed by atoms with E-state index in [2.05, 4.69) is 24.8 Å². The predicted octanol–water partition coefficient (Wildman–Crippen LogP) is 1.23. The van der Waals surface area contributed by atoms with Gasteiger partial charge in [0.15, 0.2) is 11.5 Å². The van der Waals surface area contributed by atoms with Crippen LogP contribution in [0.1, 0.15) is 6.42 Å². The molecule has 3 rings (SSSR count). The van der Waals surface area contributed by atoms with Crippen molar-refractivity contribution in [2.75, 3.05) is 25.1 Å². The number of imidazole rings is 1. The van der Waals surface area contributed by atoms with Gasteiger partial charge in [0.1, 0.15) is 5.52 Å². The van der Waals surface area contributed by atoms with Crippen molar-refractivity contribution in [3.8, 4) is 0 Å². The monoisotopic (exact) mass is 253 g/mol. The van der Waals surface area contributed by atoms with Gasteiger partial charge in [0, 0.05) is 20.2 Å². The van der Waals surface area contributed by atoms with Crippen molar-refractivity contribution < 1.29 is 4.74 Å². The van der Waals surface area contributed by atoms with Crippen LogP contribution in [-0.2, 0) is 4.74 Å². The van der Waals surface area contributed by atoms with Crippen LogP contribution in [-0.4, -0.2) is 46.2 Å². The number of nitrogens with one attached hydrogen (secondary N) is 1. The number of halogens is 1. The molecule has 0 aliphatic carbocycles. The first-order chi connectivity index (χ1) is 8.28. The molecule has 0 amide bonds. The van der Waals surface area contributed by atoms with Gasteiger partial charge in [-0.05, 0) is 18.0 Å². The van der Waals surface area contributed by atoms with E-state index in [1.165, 1.54) is 0 Å². The van der Waals surface area contributed by atoms with Gasteiger partial charge in [-0.15, -0.1) is 0 Å². The van der Waals surface area contributed by atoms with Crippen molar-refractivity contribution >= 4 is 28.6 Å². The number of anilines is 1. The summed E-state index contributed by atoms with van der Waals surface area (Å²) in [4.78, 5) is 17.6. The Labute approximate surface area is 103 Å². The summed E-state index contributed by atoms with van der Waals surface area (Å²) in [5.41, 5.74) is 1.42. The average molecular weight is 254 g/mol. The third kappa shape index (κ3) is 1.83. The molecule has 2 aromatic rings. The van der Waals surface area contributed by atoms with Crippen LogP contribution in [0.2, 0.25) is 5.28 Å². The lowest BCUT2D eigenvalue weighted by Gasteiger charge is -2.17. The second-order valence-electron chi connectivity index (χ2n) is 4.01. The minimum absolute atomic E-state index is 0.223. The van der Waals surface area contributed by atoms with Crippen LogP contribution in [0, 0.1) is 0 Å². The Morgan fingerprint density at radius 1 is 1.53 bits per heavy atom. The average Bonchev–Trinajstić information content (AvgIpc) is 2.95. The summed E-state index contributed by atoms with van der Waals surface area (Å²) in [5.74, 6) is 0.803. The van der Waals surface area contributed by atoms with Crippen molar-refractivity contribution in [1.29, 1.82) is 0 Å². The van der Waals surface area contributed by atoms with Crippen molar-refractivity contribution in [3.05, 3.63) is 11.6 Å². The minimum Gasteiger partial charge on any atom is -0.380 e. The lowest BCUT2D eigenvalue weighted by Crippen LogP contribution is -2.23. The van der Waals surface area contributed by atoms with Crippen LogP contribution < -0.4 is 4.90 Å². The molecule has 6 nitrogen and oxygen atoms in total. The zero-order chi connectivity index (χ0) is 11.8. The van der Waals surface area contributed by atoms with Gasteiger partial charge in [-0.3, -0.25) is 0 Å². The second kappa shape index (κ2) is 4.12. The molecule has 1 aliphatic rings.